The van der Waals surface area contributed by atoms with Crippen LogP contribution >= 0.6 is 0 Å². The molecule has 0 aromatic rings. The zero-order valence-corrected chi connectivity index (χ0v) is 22.8. The maximum Gasteiger partial charge on any atom is 0.241 e. The molecule has 4 aliphatic rings. The van der Waals surface area contributed by atoms with Gasteiger partial charge in [-0.1, -0.05) is 33.8 Å². The van der Waals surface area contributed by atoms with Crippen LogP contribution in [0.15, 0.2) is 35.3 Å². The Morgan fingerprint density at radius 1 is 1.23 bits per heavy atom. The summed E-state index contributed by atoms with van der Waals surface area (Å²) in [6, 6.07) is 1.10. The second-order valence-electron chi connectivity index (χ2n) is 11.8. The first-order valence-electron chi connectivity index (χ1n) is 13.6. The number of hydrogen-bond acceptors (Lipinski definition) is 6. The highest BCUT2D eigenvalue weighted by Gasteiger charge is 2.42. The highest BCUT2D eigenvalue weighted by Crippen LogP contribution is 2.41. The van der Waals surface area contributed by atoms with Gasteiger partial charge in [0, 0.05) is 67.7 Å². The van der Waals surface area contributed by atoms with E-state index < -0.39 is 0 Å². The summed E-state index contributed by atoms with van der Waals surface area (Å²) in [5.74, 6) is 0.200. The molecule has 0 saturated carbocycles. The van der Waals surface area contributed by atoms with E-state index in [-0.39, 0.29) is 17.4 Å². The molecule has 7 heteroatoms. The van der Waals surface area contributed by atoms with E-state index in [0.29, 0.717) is 31.2 Å². The first-order chi connectivity index (χ1) is 16.6. The van der Waals surface area contributed by atoms with Gasteiger partial charge in [0.15, 0.2) is 0 Å². The summed E-state index contributed by atoms with van der Waals surface area (Å²) < 4.78 is 5.84. The number of piperazine rings is 1. The molecule has 1 amide bonds. The molecule has 4 rings (SSSR count). The number of rotatable bonds is 7. The summed E-state index contributed by atoms with van der Waals surface area (Å²) in [6.07, 6.45) is 5.76. The Labute approximate surface area is 212 Å². The van der Waals surface area contributed by atoms with Crippen molar-refractivity contribution in [1.82, 2.24) is 25.3 Å². The molecule has 7 nitrogen and oxygen atoms in total. The van der Waals surface area contributed by atoms with E-state index in [4.69, 9.17) is 4.74 Å². The van der Waals surface area contributed by atoms with Crippen LogP contribution in [-0.2, 0) is 9.53 Å². The van der Waals surface area contributed by atoms with Crippen LogP contribution in [0.25, 0.3) is 0 Å². The molecule has 2 N–H and O–H groups in total. The summed E-state index contributed by atoms with van der Waals surface area (Å²) in [5, 5.41) is 7.22. The molecule has 0 spiro atoms. The maximum absolute atomic E-state index is 13.8. The second kappa shape index (κ2) is 10.8. The highest BCUT2D eigenvalue weighted by atomic mass is 16.5. The molecule has 2 saturated heterocycles. The molecule has 0 aromatic carbocycles. The van der Waals surface area contributed by atoms with Crippen LogP contribution in [0.4, 0.5) is 0 Å². The monoisotopic (exact) mass is 485 g/mol. The highest BCUT2D eigenvalue weighted by molar-refractivity contribution is 5.82. The molecule has 4 atom stereocenters. The number of morpholine rings is 1. The number of nitrogens with zero attached hydrogens (tertiary/aromatic N) is 3. The van der Waals surface area contributed by atoms with Crippen LogP contribution in [0, 0.1) is 5.41 Å². The lowest BCUT2D eigenvalue weighted by molar-refractivity contribution is -0.132. The predicted octanol–water partition coefficient (Wildman–Crippen LogP) is 3.07. The fourth-order valence-electron chi connectivity index (χ4n) is 5.88. The number of allylic oxidation sites excluding steroid dienone is 2. The second-order valence-corrected chi connectivity index (χ2v) is 11.8. The minimum absolute atomic E-state index is 0.115. The Morgan fingerprint density at radius 3 is 2.74 bits per heavy atom. The van der Waals surface area contributed by atoms with Gasteiger partial charge >= 0.3 is 0 Å². The van der Waals surface area contributed by atoms with Crippen LogP contribution in [0.5, 0.6) is 0 Å². The van der Waals surface area contributed by atoms with Gasteiger partial charge in [-0.15, -0.1) is 0 Å². The smallest absolute Gasteiger partial charge is 0.241 e. The number of hydrogen-bond donors (Lipinski definition) is 2. The van der Waals surface area contributed by atoms with E-state index >= 15 is 0 Å². The van der Waals surface area contributed by atoms with Gasteiger partial charge in [0.1, 0.15) is 0 Å². The Hall–Kier alpha value is -1.67. The van der Waals surface area contributed by atoms with Crippen molar-refractivity contribution >= 4 is 5.91 Å². The summed E-state index contributed by atoms with van der Waals surface area (Å²) >= 11 is 0. The van der Waals surface area contributed by atoms with E-state index in [1.807, 2.05) is 4.90 Å². The van der Waals surface area contributed by atoms with Gasteiger partial charge in [0.25, 0.3) is 0 Å². The Balaban J connectivity index is 1.49. The largest absolute Gasteiger partial charge is 0.376 e. The van der Waals surface area contributed by atoms with Gasteiger partial charge < -0.3 is 20.3 Å². The van der Waals surface area contributed by atoms with Gasteiger partial charge in [-0.2, -0.15) is 0 Å². The van der Waals surface area contributed by atoms with Crippen LogP contribution in [0.1, 0.15) is 60.8 Å². The zero-order valence-electron chi connectivity index (χ0n) is 22.8. The Bertz CT molecular complexity index is 879. The van der Waals surface area contributed by atoms with Crippen molar-refractivity contribution < 1.29 is 9.53 Å². The third kappa shape index (κ3) is 5.85. The van der Waals surface area contributed by atoms with Gasteiger partial charge in [-0.3, -0.25) is 14.6 Å². The van der Waals surface area contributed by atoms with Gasteiger partial charge in [-0.25, -0.2) is 0 Å². The zero-order chi connectivity index (χ0) is 25.3. The van der Waals surface area contributed by atoms with Crippen LogP contribution in [0.2, 0.25) is 0 Å². The van der Waals surface area contributed by atoms with E-state index in [2.05, 4.69) is 74.6 Å². The number of nitrogens with one attached hydrogen (secondary N) is 2. The van der Waals surface area contributed by atoms with Crippen molar-refractivity contribution in [1.29, 1.82) is 0 Å². The van der Waals surface area contributed by atoms with Crippen molar-refractivity contribution in [3.8, 4) is 0 Å². The molecule has 0 aliphatic carbocycles. The van der Waals surface area contributed by atoms with E-state index in [1.54, 1.807) is 0 Å². The number of ether oxygens (including phenoxy) is 1. The first-order valence-corrected chi connectivity index (χ1v) is 13.6. The number of carbonyl (C=O) groups excluding carboxylic acids is 1. The van der Waals surface area contributed by atoms with Crippen molar-refractivity contribution in [3.05, 3.63) is 35.3 Å². The van der Waals surface area contributed by atoms with Crippen LogP contribution in [-0.4, -0.2) is 90.7 Å². The standard InChI is InChI=1S/C28H47N5O2/c1-8-9-10-23-11-25-27(30-22(23)5)28(6,7)18-33(25)26(34)16-32-13-19(2)29-12-24(32)15-31-14-21(4)35-17-20(31)3/h11,19-21,24,29-30H,5,8-10,12-18H2,1-4,6-7H3/t19-,20-,21+,24-/m1/s1. The fourth-order valence-corrected chi connectivity index (χ4v) is 5.88. The predicted molar refractivity (Wildman–Crippen MR) is 142 cm³/mol. The summed E-state index contributed by atoms with van der Waals surface area (Å²) in [6.45, 7) is 23.2. The van der Waals surface area contributed by atoms with Crippen molar-refractivity contribution in [2.75, 3.05) is 45.9 Å². The van der Waals surface area contributed by atoms with Gasteiger partial charge in [0.2, 0.25) is 5.91 Å². The Morgan fingerprint density at radius 2 is 2.00 bits per heavy atom. The fraction of sp³-hybridized carbons (Fsp3) is 0.750. The molecule has 196 valence electrons. The van der Waals surface area contributed by atoms with Gasteiger partial charge in [-0.05, 0) is 45.3 Å². The molecule has 2 fully saturated rings. The molecule has 0 bridgehead atoms. The molecular formula is C28H47N5O2. The average molecular weight is 486 g/mol. The number of unbranched alkanes of at least 4 members (excludes halogenated alkanes) is 1. The first kappa shape index (κ1) is 26.4. The third-order valence-electron chi connectivity index (χ3n) is 8.10. The van der Waals surface area contributed by atoms with Crippen LogP contribution < -0.4 is 10.6 Å². The van der Waals surface area contributed by atoms with Gasteiger partial charge in [0.05, 0.1) is 25.0 Å². The molecule has 4 heterocycles. The topological polar surface area (TPSA) is 60.1 Å². The molecule has 0 radical (unpaired) electrons. The molecule has 35 heavy (non-hydrogen) atoms. The quantitative estimate of drug-likeness (QED) is 0.578. The summed E-state index contributed by atoms with van der Waals surface area (Å²) in [4.78, 5) is 20.8. The minimum atomic E-state index is -0.115. The summed E-state index contributed by atoms with van der Waals surface area (Å²) in [7, 11) is 0. The summed E-state index contributed by atoms with van der Waals surface area (Å²) in [5.41, 5.74) is 4.29. The lowest BCUT2D eigenvalue weighted by atomic mass is 9.88. The number of dihydropyridines is 1. The SMILES string of the molecule is C=C1NC2=C(C=C1CCCC)N(C(=O)CN1C[C@@H](C)NC[C@@H]1CN1C[C@H](C)OC[C@H]1C)CC2(C)C. The third-order valence-corrected chi connectivity index (χ3v) is 8.10. The molecule has 0 unspecified atom stereocenters. The number of amides is 1. The molecule has 4 aliphatic heterocycles. The lowest BCUT2D eigenvalue weighted by Gasteiger charge is -2.44. The number of carbonyl (C=O) groups is 1. The lowest BCUT2D eigenvalue weighted by Crippen LogP contribution is -2.62. The minimum Gasteiger partial charge on any atom is -0.376 e. The average Bonchev–Trinajstić information content (AvgIpc) is 3.06. The molecular weight excluding hydrogens is 438 g/mol. The molecule has 0 aromatic heterocycles. The Kier molecular flexibility index (Phi) is 8.11. The van der Waals surface area contributed by atoms with Crippen molar-refractivity contribution in [2.45, 2.75) is 85.0 Å². The van der Waals surface area contributed by atoms with E-state index in [0.717, 1.165) is 69.1 Å². The van der Waals surface area contributed by atoms with Crippen LogP contribution in [0.3, 0.4) is 0 Å². The van der Waals surface area contributed by atoms with E-state index in [1.165, 1.54) is 5.57 Å². The normalized spacial score (nSPS) is 31.9. The van der Waals surface area contributed by atoms with Crippen molar-refractivity contribution in [3.63, 3.8) is 0 Å². The maximum atomic E-state index is 13.8. The van der Waals surface area contributed by atoms with E-state index in [9.17, 15) is 4.79 Å². The van der Waals surface area contributed by atoms with Crippen molar-refractivity contribution in [2.24, 2.45) is 5.41 Å².